The van der Waals surface area contributed by atoms with Crippen molar-refractivity contribution < 1.29 is 18.7 Å². The maximum Gasteiger partial charge on any atom is 0.271 e. The van der Waals surface area contributed by atoms with Crippen LogP contribution in [-0.4, -0.2) is 18.7 Å². The van der Waals surface area contributed by atoms with Gasteiger partial charge in [0.25, 0.3) is 5.91 Å². The van der Waals surface area contributed by atoms with E-state index in [4.69, 9.17) is 9.47 Å². The number of hydrogen-bond donors (Lipinski definition) is 1. The molecule has 1 N–H and O–H groups in total. The standard InChI is InChI=1S/C23H20BrFN2O3/c1-2-29-21-12-18(14-26-27-23(28)17-9-6-10-19(25)11-17)20(24)13-22(21)30-15-16-7-4-3-5-8-16/h3-14H,2,15H2,1H3,(H,27,28)/b26-14-. The Balaban J connectivity index is 1.72. The fraction of sp³-hybridized carbons (Fsp3) is 0.130. The molecule has 0 bridgehead atoms. The van der Waals surface area contributed by atoms with Crippen LogP contribution < -0.4 is 14.9 Å². The number of carbonyl (C=O) groups is 1. The zero-order valence-corrected chi connectivity index (χ0v) is 17.9. The zero-order chi connectivity index (χ0) is 21.3. The number of ether oxygens (including phenoxy) is 2. The van der Waals surface area contributed by atoms with Gasteiger partial charge in [-0.25, -0.2) is 9.82 Å². The van der Waals surface area contributed by atoms with Crippen molar-refractivity contribution in [1.82, 2.24) is 5.43 Å². The number of rotatable bonds is 8. The lowest BCUT2D eigenvalue weighted by atomic mass is 10.2. The number of amides is 1. The number of nitrogens with one attached hydrogen (secondary N) is 1. The van der Waals surface area contributed by atoms with E-state index in [0.717, 1.165) is 16.1 Å². The smallest absolute Gasteiger partial charge is 0.271 e. The van der Waals surface area contributed by atoms with E-state index in [2.05, 4.69) is 26.5 Å². The van der Waals surface area contributed by atoms with Crippen LogP contribution in [0.25, 0.3) is 0 Å². The SMILES string of the molecule is CCOc1cc(/C=N\NC(=O)c2cccc(F)c2)c(Br)cc1OCc1ccccc1. The number of halogens is 2. The van der Waals surface area contributed by atoms with Gasteiger partial charge in [-0.1, -0.05) is 36.4 Å². The highest BCUT2D eigenvalue weighted by Crippen LogP contribution is 2.33. The summed E-state index contributed by atoms with van der Waals surface area (Å²) in [7, 11) is 0. The highest BCUT2D eigenvalue weighted by atomic mass is 79.9. The summed E-state index contributed by atoms with van der Waals surface area (Å²) in [5.74, 6) is 0.166. The van der Waals surface area contributed by atoms with E-state index in [1.165, 1.54) is 24.4 Å². The molecule has 0 unspecified atom stereocenters. The van der Waals surface area contributed by atoms with Gasteiger partial charge in [-0.3, -0.25) is 4.79 Å². The van der Waals surface area contributed by atoms with Crippen LogP contribution in [0.3, 0.4) is 0 Å². The van der Waals surface area contributed by atoms with Crippen LogP contribution in [0.4, 0.5) is 4.39 Å². The number of carbonyl (C=O) groups excluding carboxylic acids is 1. The van der Waals surface area contributed by atoms with Crippen LogP contribution in [-0.2, 0) is 6.61 Å². The van der Waals surface area contributed by atoms with Gasteiger partial charge in [0.15, 0.2) is 11.5 Å². The number of hydrazone groups is 1. The van der Waals surface area contributed by atoms with E-state index in [1.54, 1.807) is 12.1 Å². The molecule has 0 heterocycles. The highest BCUT2D eigenvalue weighted by molar-refractivity contribution is 9.10. The van der Waals surface area contributed by atoms with Gasteiger partial charge in [-0.15, -0.1) is 0 Å². The van der Waals surface area contributed by atoms with Crippen molar-refractivity contribution in [3.05, 3.63) is 93.7 Å². The Hall–Kier alpha value is -3.19. The molecule has 0 spiro atoms. The molecular formula is C23H20BrFN2O3. The second-order valence-electron chi connectivity index (χ2n) is 6.24. The van der Waals surface area contributed by atoms with Gasteiger partial charge in [0.1, 0.15) is 12.4 Å². The molecule has 5 nitrogen and oxygen atoms in total. The van der Waals surface area contributed by atoms with Crippen LogP contribution in [0.5, 0.6) is 11.5 Å². The largest absolute Gasteiger partial charge is 0.490 e. The minimum Gasteiger partial charge on any atom is -0.490 e. The fourth-order valence-electron chi connectivity index (χ4n) is 2.62. The molecule has 0 saturated carbocycles. The van der Waals surface area contributed by atoms with Crippen molar-refractivity contribution in [2.24, 2.45) is 5.10 Å². The molecule has 1 amide bonds. The Kier molecular flexibility index (Phi) is 7.57. The summed E-state index contributed by atoms with van der Waals surface area (Å²) < 4.78 is 25.6. The van der Waals surface area contributed by atoms with E-state index in [1.807, 2.05) is 37.3 Å². The first kappa shape index (κ1) is 21.5. The predicted molar refractivity (Wildman–Crippen MR) is 118 cm³/mol. The Bertz CT molecular complexity index is 1040. The Morgan fingerprint density at radius 2 is 1.83 bits per heavy atom. The molecule has 0 fully saturated rings. The average Bonchev–Trinajstić information content (AvgIpc) is 2.75. The Morgan fingerprint density at radius 3 is 2.57 bits per heavy atom. The molecule has 0 aromatic heterocycles. The van der Waals surface area contributed by atoms with Gasteiger partial charge < -0.3 is 9.47 Å². The van der Waals surface area contributed by atoms with Gasteiger partial charge in [-0.2, -0.15) is 5.10 Å². The minimum atomic E-state index is -0.505. The lowest BCUT2D eigenvalue weighted by Gasteiger charge is -2.14. The van der Waals surface area contributed by atoms with Gasteiger partial charge in [0.2, 0.25) is 0 Å². The highest BCUT2D eigenvalue weighted by Gasteiger charge is 2.11. The number of benzene rings is 3. The van der Waals surface area contributed by atoms with Gasteiger partial charge in [0.05, 0.1) is 12.8 Å². The molecular weight excluding hydrogens is 451 g/mol. The van der Waals surface area contributed by atoms with E-state index in [9.17, 15) is 9.18 Å². The molecule has 3 aromatic carbocycles. The normalized spacial score (nSPS) is 10.8. The quantitative estimate of drug-likeness (QED) is 0.357. The van der Waals surface area contributed by atoms with Crippen LogP contribution >= 0.6 is 15.9 Å². The number of hydrogen-bond acceptors (Lipinski definition) is 4. The monoisotopic (exact) mass is 470 g/mol. The molecule has 0 saturated heterocycles. The van der Waals surface area contributed by atoms with E-state index in [-0.39, 0.29) is 5.56 Å². The summed E-state index contributed by atoms with van der Waals surface area (Å²) in [6.07, 6.45) is 1.48. The van der Waals surface area contributed by atoms with E-state index in [0.29, 0.717) is 30.3 Å². The van der Waals surface area contributed by atoms with Crippen molar-refractivity contribution >= 4 is 28.1 Å². The molecule has 30 heavy (non-hydrogen) atoms. The average molecular weight is 471 g/mol. The predicted octanol–water partition coefficient (Wildman–Crippen LogP) is 5.33. The number of nitrogens with zero attached hydrogens (tertiary/aromatic N) is 1. The zero-order valence-electron chi connectivity index (χ0n) is 16.3. The molecule has 154 valence electrons. The summed E-state index contributed by atoms with van der Waals surface area (Å²) in [5.41, 5.74) is 4.30. The van der Waals surface area contributed by atoms with Crippen molar-refractivity contribution in [2.45, 2.75) is 13.5 Å². The maximum absolute atomic E-state index is 13.2. The molecule has 3 rings (SSSR count). The van der Waals surface area contributed by atoms with Gasteiger partial charge >= 0.3 is 0 Å². The van der Waals surface area contributed by atoms with Crippen LogP contribution in [0.1, 0.15) is 28.4 Å². The summed E-state index contributed by atoms with van der Waals surface area (Å²) in [4.78, 5) is 12.1. The van der Waals surface area contributed by atoms with E-state index < -0.39 is 11.7 Å². The third-order valence-corrected chi connectivity index (χ3v) is 4.74. The summed E-state index contributed by atoms with van der Waals surface area (Å²) in [5, 5.41) is 3.96. The summed E-state index contributed by atoms with van der Waals surface area (Å²) in [6.45, 7) is 2.76. The van der Waals surface area contributed by atoms with Crippen molar-refractivity contribution in [1.29, 1.82) is 0 Å². The first-order valence-corrected chi connectivity index (χ1v) is 10.1. The third-order valence-electron chi connectivity index (χ3n) is 4.06. The lowest BCUT2D eigenvalue weighted by molar-refractivity contribution is 0.0954. The maximum atomic E-state index is 13.2. The Labute approximate surface area is 182 Å². The second kappa shape index (κ2) is 10.5. The fourth-order valence-corrected chi connectivity index (χ4v) is 3.05. The second-order valence-corrected chi connectivity index (χ2v) is 7.09. The van der Waals surface area contributed by atoms with Crippen molar-refractivity contribution in [3.8, 4) is 11.5 Å². The van der Waals surface area contributed by atoms with Crippen molar-refractivity contribution in [3.63, 3.8) is 0 Å². The van der Waals surface area contributed by atoms with Gasteiger partial charge in [-0.05, 0) is 58.7 Å². The molecule has 0 aliphatic carbocycles. The first-order valence-electron chi connectivity index (χ1n) is 9.29. The molecule has 0 aliphatic rings. The van der Waals surface area contributed by atoms with Crippen LogP contribution in [0.2, 0.25) is 0 Å². The summed E-state index contributed by atoms with van der Waals surface area (Å²) >= 11 is 3.49. The molecule has 0 aliphatic heterocycles. The molecule has 0 radical (unpaired) electrons. The minimum absolute atomic E-state index is 0.186. The van der Waals surface area contributed by atoms with Crippen LogP contribution in [0, 0.1) is 5.82 Å². The Morgan fingerprint density at radius 1 is 1.07 bits per heavy atom. The topological polar surface area (TPSA) is 59.9 Å². The molecule has 3 aromatic rings. The molecule has 7 heteroatoms. The first-order chi connectivity index (χ1) is 14.6. The van der Waals surface area contributed by atoms with Gasteiger partial charge in [0, 0.05) is 15.6 Å². The summed E-state index contributed by atoms with van der Waals surface area (Å²) in [6, 6.07) is 18.8. The van der Waals surface area contributed by atoms with E-state index >= 15 is 0 Å². The molecule has 0 atom stereocenters. The lowest BCUT2D eigenvalue weighted by Crippen LogP contribution is -2.17. The van der Waals surface area contributed by atoms with Crippen LogP contribution in [0.15, 0.2) is 76.3 Å². The third kappa shape index (κ3) is 5.90. The van der Waals surface area contributed by atoms with Crippen molar-refractivity contribution in [2.75, 3.05) is 6.61 Å².